The molecule has 3 rings (SSSR count). The molecule has 0 radical (unpaired) electrons. The lowest BCUT2D eigenvalue weighted by Crippen LogP contribution is -2.07. The summed E-state index contributed by atoms with van der Waals surface area (Å²) in [6.45, 7) is 0.680. The van der Waals surface area contributed by atoms with Crippen LogP contribution in [0.3, 0.4) is 0 Å². The number of nitrogens with two attached hydrogens (primary N) is 1. The molecule has 3 heterocycles. The largest absolute Gasteiger partial charge is 0.481 e. The van der Waals surface area contributed by atoms with Crippen LogP contribution in [0.2, 0.25) is 0 Å². The number of methoxy groups -OCH3 is 1. The number of aromatic nitrogens is 5. The SMILES string of the molecule is COc1ccc2nc(N)n(CCc3ccn(C)n3)c2n1. The van der Waals surface area contributed by atoms with Gasteiger partial charge in [0.2, 0.25) is 11.8 Å². The van der Waals surface area contributed by atoms with Gasteiger partial charge in [0.1, 0.15) is 5.52 Å². The van der Waals surface area contributed by atoms with Crippen molar-refractivity contribution in [3.63, 3.8) is 0 Å². The number of anilines is 1. The summed E-state index contributed by atoms with van der Waals surface area (Å²) >= 11 is 0. The molecular weight excluding hydrogens is 256 g/mol. The van der Waals surface area contributed by atoms with E-state index in [9.17, 15) is 0 Å². The van der Waals surface area contributed by atoms with Crippen LogP contribution in [0.4, 0.5) is 5.95 Å². The summed E-state index contributed by atoms with van der Waals surface area (Å²) in [6.07, 6.45) is 2.70. The number of rotatable bonds is 4. The van der Waals surface area contributed by atoms with Crippen LogP contribution in [0.1, 0.15) is 5.69 Å². The first-order valence-corrected chi connectivity index (χ1v) is 6.32. The summed E-state index contributed by atoms with van der Waals surface area (Å²) in [6, 6.07) is 5.62. The third-order valence-corrected chi connectivity index (χ3v) is 3.17. The Balaban J connectivity index is 1.91. The first-order chi connectivity index (χ1) is 9.67. The van der Waals surface area contributed by atoms with E-state index in [4.69, 9.17) is 10.5 Å². The summed E-state index contributed by atoms with van der Waals surface area (Å²) in [4.78, 5) is 8.71. The molecule has 0 aliphatic rings. The standard InChI is InChI=1S/C13H16N6O/c1-18-7-5-9(17-18)6-8-19-12-10(15-13(19)14)3-4-11(16-12)20-2/h3-5,7H,6,8H2,1-2H3,(H2,14,15). The van der Waals surface area contributed by atoms with Gasteiger partial charge in [0, 0.05) is 32.3 Å². The van der Waals surface area contributed by atoms with Gasteiger partial charge in [0.05, 0.1) is 12.8 Å². The first-order valence-electron chi connectivity index (χ1n) is 6.32. The van der Waals surface area contributed by atoms with Gasteiger partial charge < -0.3 is 10.5 Å². The second kappa shape index (κ2) is 4.84. The maximum absolute atomic E-state index is 5.96. The van der Waals surface area contributed by atoms with Crippen LogP contribution in [-0.4, -0.2) is 31.4 Å². The van der Waals surface area contributed by atoms with Crippen LogP contribution in [0, 0.1) is 0 Å². The molecule has 0 bridgehead atoms. The highest BCUT2D eigenvalue weighted by Crippen LogP contribution is 2.19. The maximum atomic E-state index is 5.96. The van der Waals surface area contributed by atoms with Crippen LogP contribution in [0.25, 0.3) is 11.2 Å². The number of hydrogen-bond donors (Lipinski definition) is 1. The van der Waals surface area contributed by atoms with Crippen molar-refractivity contribution < 1.29 is 4.74 Å². The van der Waals surface area contributed by atoms with E-state index in [2.05, 4.69) is 15.1 Å². The van der Waals surface area contributed by atoms with Gasteiger partial charge in [0.25, 0.3) is 0 Å². The molecule has 0 unspecified atom stereocenters. The zero-order valence-electron chi connectivity index (χ0n) is 11.4. The van der Waals surface area contributed by atoms with E-state index in [1.807, 2.05) is 29.9 Å². The van der Waals surface area contributed by atoms with Crippen LogP contribution < -0.4 is 10.5 Å². The molecule has 0 aliphatic carbocycles. The monoisotopic (exact) mass is 272 g/mol. The summed E-state index contributed by atoms with van der Waals surface area (Å²) in [5, 5.41) is 4.35. The minimum atomic E-state index is 0.455. The van der Waals surface area contributed by atoms with Gasteiger partial charge >= 0.3 is 0 Å². The molecule has 3 aromatic heterocycles. The Morgan fingerprint density at radius 3 is 2.80 bits per heavy atom. The number of ether oxygens (including phenoxy) is 1. The third kappa shape index (κ3) is 2.18. The molecule has 0 aliphatic heterocycles. The lowest BCUT2D eigenvalue weighted by molar-refractivity contribution is 0.399. The van der Waals surface area contributed by atoms with Gasteiger partial charge in [-0.25, -0.2) is 4.98 Å². The van der Waals surface area contributed by atoms with Gasteiger partial charge in [-0.2, -0.15) is 10.1 Å². The molecule has 0 atom stereocenters. The molecule has 3 aromatic rings. The molecule has 0 fully saturated rings. The number of hydrogen-bond acceptors (Lipinski definition) is 5. The van der Waals surface area contributed by atoms with E-state index < -0.39 is 0 Å². The third-order valence-electron chi connectivity index (χ3n) is 3.17. The number of pyridine rings is 1. The van der Waals surface area contributed by atoms with Crippen molar-refractivity contribution >= 4 is 17.1 Å². The van der Waals surface area contributed by atoms with Crippen molar-refractivity contribution in [1.82, 2.24) is 24.3 Å². The molecular formula is C13H16N6O. The van der Waals surface area contributed by atoms with Gasteiger partial charge in [0.15, 0.2) is 5.65 Å². The second-order valence-electron chi connectivity index (χ2n) is 4.55. The molecule has 7 heteroatoms. The zero-order valence-corrected chi connectivity index (χ0v) is 11.4. The number of aryl methyl sites for hydroxylation is 3. The van der Waals surface area contributed by atoms with Gasteiger partial charge in [-0.3, -0.25) is 9.25 Å². The summed E-state index contributed by atoms with van der Waals surface area (Å²) < 4.78 is 8.81. The highest BCUT2D eigenvalue weighted by molar-refractivity contribution is 5.74. The van der Waals surface area contributed by atoms with Gasteiger partial charge in [-0.1, -0.05) is 0 Å². The fourth-order valence-corrected chi connectivity index (χ4v) is 2.16. The molecule has 0 aromatic carbocycles. The minimum absolute atomic E-state index is 0.455. The molecule has 2 N–H and O–H groups in total. The smallest absolute Gasteiger partial charge is 0.215 e. The van der Waals surface area contributed by atoms with Crippen molar-refractivity contribution in [2.45, 2.75) is 13.0 Å². The molecule has 7 nitrogen and oxygen atoms in total. The minimum Gasteiger partial charge on any atom is -0.481 e. The molecule has 104 valence electrons. The quantitative estimate of drug-likeness (QED) is 0.766. The summed E-state index contributed by atoms with van der Waals surface area (Å²) in [7, 11) is 3.49. The van der Waals surface area contributed by atoms with Crippen molar-refractivity contribution in [2.24, 2.45) is 7.05 Å². The Bertz CT molecular complexity index is 744. The van der Waals surface area contributed by atoms with Crippen LogP contribution in [0.5, 0.6) is 5.88 Å². The Morgan fingerprint density at radius 2 is 2.10 bits per heavy atom. The molecule has 20 heavy (non-hydrogen) atoms. The Hall–Kier alpha value is -2.57. The predicted octanol–water partition coefficient (Wildman–Crippen LogP) is 0.998. The predicted molar refractivity (Wildman–Crippen MR) is 75.4 cm³/mol. The highest BCUT2D eigenvalue weighted by Gasteiger charge is 2.11. The van der Waals surface area contributed by atoms with Crippen molar-refractivity contribution in [2.75, 3.05) is 12.8 Å². The van der Waals surface area contributed by atoms with Crippen LogP contribution >= 0.6 is 0 Å². The fraction of sp³-hybridized carbons (Fsp3) is 0.308. The number of fused-ring (bicyclic) bond motifs is 1. The second-order valence-corrected chi connectivity index (χ2v) is 4.55. The first kappa shape index (κ1) is 12.5. The topological polar surface area (TPSA) is 83.8 Å². The highest BCUT2D eigenvalue weighted by atomic mass is 16.5. The maximum Gasteiger partial charge on any atom is 0.215 e. The van der Waals surface area contributed by atoms with Crippen LogP contribution in [0.15, 0.2) is 24.4 Å². The van der Waals surface area contributed by atoms with Gasteiger partial charge in [-0.05, 0) is 12.1 Å². The summed E-state index contributed by atoms with van der Waals surface area (Å²) in [5.74, 6) is 1.01. The van der Waals surface area contributed by atoms with E-state index in [0.717, 1.165) is 23.3 Å². The lowest BCUT2D eigenvalue weighted by atomic mass is 10.3. The number of imidazole rings is 1. The number of nitrogen functional groups attached to an aromatic ring is 1. The van der Waals surface area contributed by atoms with E-state index in [0.29, 0.717) is 18.4 Å². The molecule has 0 spiro atoms. The van der Waals surface area contributed by atoms with Crippen LogP contribution in [-0.2, 0) is 20.0 Å². The van der Waals surface area contributed by atoms with Crippen molar-refractivity contribution in [3.8, 4) is 5.88 Å². The molecule has 0 saturated heterocycles. The van der Waals surface area contributed by atoms with E-state index in [1.54, 1.807) is 17.9 Å². The van der Waals surface area contributed by atoms with E-state index in [-0.39, 0.29) is 0 Å². The number of nitrogens with zero attached hydrogens (tertiary/aromatic N) is 5. The fourth-order valence-electron chi connectivity index (χ4n) is 2.16. The van der Waals surface area contributed by atoms with Crippen molar-refractivity contribution in [3.05, 3.63) is 30.1 Å². The Kier molecular flexibility index (Phi) is 3.02. The van der Waals surface area contributed by atoms with Crippen molar-refractivity contribution in [1.29, 1.82) is 0 Å². The molecule has 0 amide bonds. The summed E-state index contributed by atoms with van der Waals surface area (Å²) in [5.41, 5.74) is 8.47. The van der Waals surface area contributed by atoms with E-state index in [1.165, 1.54) is 0 Å². The lowest BCUT2D eigenvalue weighted by Gasteiger charge is -2.05. The average Bonchev–Trinajstić information content (AvgIpc) is 2.98. The molecule has 0 saturated carbocycles. The Labute approximate surface area is 116 Å². The van der Waals surface area contributed by atoms with Gasteiger partial charge in [-0.15, -0.1) is 0 Å². The average molecular weight is 272 g/mol. The normalized spacial score (nSPS) is 11.1. The zero-order chi connectivity index (χ0) is 14.1. The van der Waals surface area contributed by atoms with E-state index >= 15 is 0 Å². The Morgan fingerprint density at radius 1 is 1.25 bits per heavy atom.